The van der Waals surface area contributed by atoms with Crippen LogP contribution in [0.25, 0.3) is 0 Å². The molecule has 0 spiro atoms. The third-order valence-electron chi connectivity index (χ3n) is 2.46. The van der Waals surface area contributed by atoms with Crippen LogP contribution in [0.3, 0.4) is 0 Å². The molecule has 0 aliphatic heterocycles. The molecule has 0 aromatic heterocycles. The first kappa shape index (κ1) is 21.5. The van der Waals surface area contributed by atoms with E-state index in [-0.39, 0.29) is 30.9 Å². The van der Waals surface area contributed by atoms with E-state index in [1.165, 1.54) is 6.92 Å². The summed E-state index contributed by atoms with van der Waals surface area (Å²) in [7, 11) is 0. The number of rotatable bonds is 3. The highest BCUT2D eigenvalue weighted by molar-refractivity contribution is 6.55. The van der Waals surface area contributed by atoms with E-state index in [1.807, 2.05) is 0 Å². The number of carbonyl (C=O) groups is 2. The molecule has 0 aliphatic rings. The average Bonchev–Trinajstić information content (AvgIpc) is 2.45. The molecule has 134 valence electrons. The number of halogens is 5. The fourth-order valence-electron chi connectivity index (χ4n) is 1.41. The van der Waals surface area contributed by atoms with Crippen molar-refractivity contribution in [3.05, 3.63) is 25.1 Å². The average molecular weight is 438 g/mol. The maximum atomic E-state index is 12.1. The van der Waals surface area contributed by atoms with Crippen LogP contribution in [-0.2, 0) is 9.53 Å². The first-order chi connectivity index (χ1) is 10.8. The number of carbonyl (C=O) groups excluding carboxylic acids is 2. The number of hydrogen-bond acceptors (Lipinski definition) is 4. The summed E-state index contributed by atoms with van der Waals surface area (Å²) in [5, 5.41) is 1.70. The van der Waals surface area contributed by atoms with Gasteiger partial charge in [-0.1, -0.05) is 58.0 Å². The summed E-state index contributed by atoms with van der Waals surface area (Å²) >= 11 is 29.6. The summed E-state index contributed by atoms with van der Waals surface area (Å²) in [6.45, 7) is 6.46. The van der Waals surface area contributed by atoms with E-state index in [0.717, 1.165) is 0 Å². The van der Waals surface area contributed by atoms with E-state index in [0.29, 0.717) is 0 Å². The number of ether oxygens (including phenoxy) is 2. The molecule has 1 rings (SSSR count). The summed E-state index contributed by atoms with van der Waals surface area (Å²) < 4.78 is 10.1. The molecule has 0 fully saturated rings. The van der Waals surface area contributed by atoms with Gasteiger partial charge in [-0.15, -0.1) is 0 Å². The zero-order chi connectivity index (χ0) is 18.8. The number of benzene rings is 1. The Labute approximate surface area is 164 Å². The molecule has 0 heterocycles. The Bertz CT molecular complexity index is 643. The van der Waals surface area contributed by atoms with Gasteiger partial charge in [0.1, 0.15) is 21.7 Å². The molecule has 1 atom stereocenters. The fourth-order valence-corrected chi connectivity index (χ4v) is 2.60. The van der Waals surface area contributed by atoms with Crippen LogP contribution >= 0.6 is 58.0 Å². The Hall–Kier alpha value is -0.590. The molecule has 1 N–H and O–H groups in total. The smallest absolute Gasteiger partial charge is 0.408 e. The molecule has 1 aromatic carbocycles. The van der Waals surface area contributed by atoms with Crippen LogP contribution in [0.5, 0.6) is 5.75 Å². The van der Waals surface area contributed by atoms with Crippen molar-refractivity contribution in [2.45, 2.75) is 39.3 Å². The first-order valence-electron chi connectivity index (χ1n) is 6.57. The lowest BCUT2D eigenvalue weighted by Gasteiger charge is -2.21. The van der Waals surface area contributed by atoms with Crippen LogP contribution in [0.4, 0.5) is 4.79 Å². The minimum atomic E-state index is -1.04. The van der Waals surface area contributed by atoms with Crippen LogP contribution in [0.2, 0.25) is 25.1 Å². The normalized spacial score (nSPS) is 12.5. The van der Waals surface area contributed by atoms with Crippen molar-refractivity contribution in [3.8, 4) is 5.75 Å². The second-order valence-corrected chi connectivity index (χ2v) is 7.58. The molecule has 1 amide bonds. The summed E-state index contributed by atoms with van der Waals surface area (Å²) in [5.41, 5.74) is -0.711. The van der Waals surface area contributed by atoms with Crippen molar-refractivity contribution in [1.82, 2.24) is 5.32 Å². The van der Waals surface area contributed by atoms with E-state index >= 15 is 0 Å². The number of amides is 1. The van der Waals surface area contributed by atoms with Crippen LogP contribution in [0.1, 0.15) is 27.7 Å². The van der Waals surface area contributed by atoms with Gasteiger partial charge in [0.2, 0.25) is 0 Å². The lowest BCUT2D eigenvalue weighted by molar-refractivity contribution is -0.136. The molecule has 1 aromatic rings. The number of nitrogens with one attached hydrogen (secondary N) is 1. The maximum absolute atomic E-state index is 12.1. The predicted octanol–water partition coefficient (Wildman–Crippen LogP) is 5.77. The Kier molecular flexibility index (Phi) is 7.32. The lowest BCUT2D eigenvalue weighted by Crippen LogP contribution is -2.43. The van der Waals surface area contributed by atoms with E-state index in [9.17, 15) is 9.59 Å². The monoisotopic (exact) mass is 435 g/mol. The highest BCUT2D eigenvalue weighted by Gasteiger charge is 2.26. The SMILES string of the molecule is CC(NC(=O)OC(C)(C)C)C(=O)Oc1c(Cl)c(Cl)c(Cl)c(Cl)c1Cl. The van der Waals surface area contributed by atoms with Crippen molar-refractivity contribution in [3.63, 3.8) is 0 Å². The predicted molar refractivity (Wildman–Crippen MR) is 96.0 cm³/mol. The molecule has 10 heteroatoms. The van der Waals surface area contributed by atoms with Gasteiger partial charge in [-0.25, -0.2) is 9.59 Å². The van der Waals surface area contributed by atoms with Crippen molar-refractivity contribution in [1.29, 1.82) is 0 Å². The molecule has 0 bridgehead atoms. The van der Waals surface area contributed by atoms with Gasteiger partial charge in [-0.3, -0.25) is 0 Å². The highest BCUT2D eigenvalue weighted by Crippen LogP contribution is 2.48. The quantitative estimate of drug-likeness (QED) is 0.282. The topological polar surface area (TPSA) is 64.6 Å². The van der Waals surface area contributed by atoms with Gasteiger partial charge < -0.3 is 14.8 Å². The van der Waals surface area contributed by atoms with E-state index in [2.05, 4.69) is 5.32 Å². The minimum Gasteiger partial charge on any atom is -0.444 e. The van der Waals surface area contributed by atoms with Gasteiger partial charge in [0.25, 0.3) is 0 Å². The summed E-state index contributed by atoms with van der Waals surface area (Å²) in [6, 6.07) is -1.04. The van der Waals surface area contributed by atoms with E-state index in [4.69, 9.17) is 67.5 Å². The van der Waals surface area contributed by atoms with Gasteiger partial charge in [0, 0.05) is 0 Å². The van der Waals surface area contributed by atoms with Crippen LogP contribution in [0, 0.1) is 0 Å². The molecule has 24 heavy (non-hydrogen) atoms. The van der Waals surface area contributed by atoms with Crippen LogP contribution in [0.15, 0.2) is 0 Å². The Morgan fingerprint density at radius 3 is 1.75 bits per heavy atom. The third-order valence-corrected chi connectivity index (χ3v) is 4.70. The molecule has 5 nitrogen and oxygen atoms in total. The van der Waals surface area contributed by atoms with E-state index < -0.39 is 23.7 Å². The molecule has 0 radical (unpaired) electrons. The van der Waals surface area contributed by atoms with Crippen molar-refractivity contribution < 1.29 is 19.1 Å². The first-order valence-corrected chi connectivity index (χ1v) is 8.46. The zero-order valence-corrected chi connectivity index (χ0v) is 16.9. The lowest BCUT2D eigenvalue weighted by atomic mass is 10.2. The van der Waals surface area contributed by atoms with Gasteiger partial charge in [-0.2, -0.15) is 0 Å². The summed E-state index contributed by atoms with van der Waals surface area (Å²) in [5.74, 6) is -1.10. The van der Waals surface area contributed by atoms with Crippen molar-refractivity contribution >= 4 is 70.1 Å². The molecule has 0 saturated carbocycles. The highest BCUT2D eigenvalue weighted by atomic mass is 35.5. The summed E-state index contributed by atoms with van der Waals surface area (Å²) in [4.78, 5) is 23.8. The number of esters is 1. The third kappa shape index (κ3) is 5.46. The van der Waals surface area contributed by atoms with Crippen LogP contribution < -0.4 is 10.1 Å². The second kappa shape index (κ2) is 8.19. The van der Waals surface area contributed by atoms with Crippen molar-refractivity contribution in [2.24, 2.45) is 0 Å². The Balaban J connectivity index is 2.91. The zero-order valence-electron chi connectivity index (χ0n) is 13.1. The number of alkyl carbamates (subject to hydrolysis) is 1. The molecule has 0 aliphatic carbocycles. The maximum Gasteiger partial charge on any atom is 0.408 e. The Morgan fingerprint density at radius 1 is 0.917 bits per heavy atom. The minimum absolute atomic E-state index is 0.0620. The number of hydrogen-bond donors (Lipinski definition) is 1. The molecular formula is C14H14Cl5NO4. The summed E-state index contributed by atoms with van der Waals surface area (Å²) in [6.07, 6.45) is -0.781. The molecule has 0 saturated heterocycles. The van der Waals surface area contributed by atoms with Gasteiger partial charge in [0.15, 0.2) is 5.75 Å². The second-order valence-electron chi connectivity index (χ2n) is 5.69. The standard InChI is InChI=1S/C14H14Cl5NO4/c1-5(20-13(22)24-14(2,3)4)12(21)23-11-9(18)7(16)6(15)8(17)10(11)19/h5H,1-4H3,(H,20,22). The van der Waals surface area contributed by atoms with Crippen molar-refractivity contribution in [2.75, 3.05) is 0 Å². The Morgan fingerprint density at radius 2 is 1.33 bits per heavy atom. The molecular weight excluding hydrogens is 423 g/mol. The largest absolute Gasteiger partial charge is 0.444 e. The molecule has 1 unspecified atom stereocenters. The van der Waals surface area contributed by atoms with Gasteiger partial charge in [0.05, 0.1) is 15.1 Å². The fraction of sp³-hybridized carbons (Fsp3) is 0.429. The van der Waals surface area contributed by atoms with Gasteiger partial charge >= 0.3 is 12.1 Å². The van der Waals surface area contributed by atoms with Gasteiger partial charge in [-0.05, 0) is 27.7 Å². The van der Waals surface area contributed by atoms with Crippen LogP contribution in [-0.4, -0.2) is 23.7 Å². The van der Waals surface area contributed by atoms with E-state index in [1.54, 1.807) is 20.8 Å².